The van der Waals surface area contributed by atoms with Crippen LogP contribution in [0.15, 0.2) is 65.6 Å². The van der Waals surface area contributed by atoms with E-state index in [2.05, 4.69) is 15.3 Å². The predicted molar refractivity (Wildman–Crippen MR) is 165 cm³/mol. The zero-order valence-corrected chi connectivity index (χ0v) is 26.3. The lowest BCUT2D eigenvalue weighted by molar-refractivity contribution is -0.151. The molecule has 0 radical (unpaired) electrons. The summed E-state index contributed by atoms with van der Waals surface area (Å²) in [7, 11) is -2.60. The summed E-state index contributed by atoms with van der Waals surface area (Å²) in [6, 6.07) is 12.4. The zero-order valence-electron chi connectivity index (χ0n) is 25.5. The molecule has 3 aromatic carbocycles. The summed E-state index contributed by atoms with van der Waals surface area (Å²) in [5.74, 6) is -6.16. The van der Waals surface area contributed by atoms with E-state index in [0.29, 0.717) is 34.2 Å². The number of aromatic nitrogens is 2. The van der Waals surface area contributed by atoms with Gasteiger partial charge in [0.1, 0.15) is 11.6 Å². The van der Waals surface area contributed by atoms with E-state index in [1.807, 2.05) is 0 Å². The second-order valence-corrected chi connectivity index (χ2v) is 13.3. The minimum absolute atomic E-state index is 0.0192. The van der Waals surface area contributed by atoms with E-state index in [1.165, 1.54) is 31.3 Å². The molecule has 47 heavy (non-hydrogen) atoms. The van der Waals surface area contributed by atoms with Crippen LogP contribution >= 0.6 is 0 Å². The third kappa shape index (κ3) is 6.95. The maximum Gasteiger partial charge on any atom is 0.416 e. The van der Waals surface area contributed by atoms with E-state index < -0.39 is 69.0 Å². The first-order valence-electron chi connectivity index (χ1n) is 14.7. The van der Waals surface area contributed by atoms with Crippen molar-refractivity contribution in [1.29, 1.82) is 0 Å². The molecule has 4 atom stereocenters. The molecule has 10 nitrogen and oxygen atoms in total. The van der Waals surface area contributed by atoms with Crippen molar-refractivity contribution < 1.29 is 45.4 Å². The average Bonchev–Trinajstić information content (AvgIpc) is 3.40. The number of fused-ring (bicyclic) bond motifs is 1. The number of nitrogens with zero attached hydrogens (tertiary/aromatic N) is 2. The predicted octanol–water partition coefficient (Wildman–Crippen LogP) is 6.09. The topological polar surface area (TPSA) is 142 Å². The number of carboxylic acid groups (broad SMARTS) is 1. The third-order valence-electron chi connectivity index (χ3n) is 8.39. The fraction of sp³-hybridized carbons (Fsp3) is 0.344. The molecule has 1 aliphatic carbocycles. The number of ether oxygens (including phenoxy) is 1. The minimum atomic E-state index is -4.79. The first-order chi connectivity index (χ1) is 22.1. The van der Waals surface area contributed by atoms with Crippen LogP contribution < -0.4 is 9.62 Å². The molecule has 1 fully saturated rings. The molecule has 1 heterocycles. The number of aryl methyl sites for hydroxylation is 1. The van der Waals surface area contributed by atoms with Gasteiger partial charge in [0.15, 0.2) is 0 Å². The Kier molecular flexibility index (Phi) is 9.33. The highest BCUT2D eigenvalue weighted by atomic mass is 32.2. The number of hydrogen-bond donors (Lipinski definition) is 3. The Balaban J connectivity index is 1.41. The van der Waals surface area contributed by atoms with Crippen molar-refractivity contribution in [2.75, 3.05) is 23.3 Å². The molecule has 1 amide bonds. The van der Waals surface area contributed by atoms with Gasteiger partial charge in [-0.05, 0) is 80.8 Å². The average molecular weight is 677 g/mol. The number of benzene rings is 3. The van der Waals surface area contributed by atoms with Crippen LogP contribution in [0.25, 0.3) is 11.0 Å². The first-order valence-corrected chi connectivity index (χ1v) is 16.1. The van der Waals surface area contributed by atoms with Crippen molar-refractivity contribution in [1.82, 2.24) is 9.97 Å². The summed E-state index contributed by atoms with van der Waals surface area (Å²) >= 11 is 0. The first kappa shape index (κ1) is 33.9. The molecular formula is C32H32F4N4O6S. The van der Waals surface area contributed by atoms with Gasteiger partial charge in [-0.25, -0.2) is 17.8 Å². The number of imidazole rings is 1. The molecule has 0 saturated heterocycles. The van der Waals surface area contributed by atoms with Gasteiger partial charge >= 0.3 is 12.1 Å². The van der Waals surface area contributed by atoms with Gasteiger partial charge in [-0.3, -0.25) is 13.9 Å². The molecule has 1 saturated carbocycles. The van der Waals surface area contributed by atoms with Crippen LogP contribution in [-0.2, 0) is 30.5 Å². The maximum absolute atomic E-state index is 14.6. The number of H-pyrrole nitrogens is 1. The number of halogens is 4. The summed E-state index contributed by atoms with van der Waals surface area (Å²) in [6.07, 6.45) is -5.14. The van der Waals surface area contributed by atoms with Crippen LogP contribution in [0.2, 0.25) is 0 Å². The second-order valence-electron chi connectivity index (χ2n) is 11.4. The van der Waals surface area contributed by atoms with Gasteiger partial charge in [0, 0.05) is 19.6 Å². The molecule has 0 bridgehead atoms. The largest absolute Gasteiger partial charge is 0.481 e. The van der Waals surface area contributed by atoms with Gasteiger partial charge in [-0.15, -0.1) is 0 Å². The van der Waals surface area contributed by atoms with Gasteiger partial charge < -0.3 is 20.1 Å². The van der Waals surface area contributed by atoms with Gasteiger partial charge in [0.25, 0.3) is 10.0 Å². The van der Waals surface area contributed by atoms with Crippen LogP contribution in [0, 0.1) is 24.6 Å². The third-order valence-corrected chi connectivity index (χ3v) is 10.2. The van der Waals surface area contributed by atoms with E-state index in [1.54, 1.807) is 32.0 Å². The lowest BCUT2D eigenvalue weighted by Gasteiger charge is -2.39. The van der Waals surface area contributed by atoms with E-state index in [4.69, 9.17) is 4.74 Å². The molecule has 3 N–H and O–H groups in total. The van der Waals surface area contributed by atoms with Crippen molar-refractivity contribution in [3.05, 3.63) is 83.4 Å². The van der Waals surface area contributed by atoms with Crippen molar-refractivity contribution in [3.8, 4) is 0 Å². The summed E-state index contributed by atoms with van der Waals surface area (Å²) in [4.78, 5) is 33.4. The molecular weight excluding hydrogens is 644 g/mol. The monoisotopic (exact) mass is 676 g/mol. The fourth-order valence-corrected chi connectivity index (χ4v) is 7.31. The van der Waals surface area contributed by atoms with E-state index >= 15 is 0 Å². The Morgan fingerprint density at radius 3 is 2.40 bits per heavy atom. The summed E-state index contributed by atoms with van der Waals surface area (Å²) in [6.45, 7) is 3.76. The number of carboxylic acids is 1. The maximum atomic E-state index is 14.6. The highest BCUT2D eigenvalue weighted by Crippen LogP contribution is 2.44. The minimum Gasteiger partial charge on any atom is -0.481 e. The molecule has 1 aromatic heterocycles. The molecule has 0 spiro atoms. The van der Waals surface area contributed by atoms with E-state index in [-0.39, 0.29) is 30.4 Å². The quantitative estimate of drug-likeness (QED) is 0.182. The second kappa shape index (κ2) is 13.0. The number of sulfonamides is 1. The highest BCUT2D eigenvalue weighted by Gasteiger charge is 2.46. The van der Waals surface area contributed by atoms with Gasteiger partial charge in [0.2, 0.25) is 5.91 Å². The Hall–Kier alpha value is -4.50. The van der Waals surface area contributed by atoms with E-state index in [0.717, 1.165) is 10.4 Å². The zero-order chi connectivity index (χ0) is 34.3. The lowest BCUT2D eigenvalue weighted by Crippen LogP contribution is -2.45. The van der Waals surface area contributed by atoms with Gasteiger partial charge in [-0.1, -0.05) is 12.1 Å². The number of rotatable bonds is 9. The molecule has 4 aromatic rings. The molecule has 15 heteroatoms. The van der Waals surface area contributed by atoms with E-state index in [9.17, 15) is 40.7 Å². The van der Waals surface area contributed by atoms with Gasteiger partial charge in [0.05, 0.1) is 50.8 Å². The molecule has 250 valence electrons. The fourth-order valence-electron chi connectivity index (χ4n) is 6.09. The van der Waals surface area contributed by atoms with Gasteiger partial charge in [-0.2, -0.15) is 13.2 Å². The van der Waals surface area contributed by atoms with Crippen LogP contribution in [0.4, 0.5) is 28.9 Å². The van der Waals surface area contributed by atoms with Crippen molar-refractivity contribution >= 4 is 44.3 Å². The summed E-state index contributed by atoms with van der Waals surface area (Å²) in [5.41, 5.74) is 0.234. The smallest absolute Gasteiger partial charge is 0.416 e. The number of carbonyl (C=O) groups excluding carboxylic acids is 1. The van der Waals surface area contributed by atoms with Crippen molar-refractivity contribution in [3.63, 3.8) is 0 Å². The molecule has 0 aliphatic heterocycles. The van der Waals surface area contributed by atoms with Crippen LogP contribution in [-0.4, -0.2) is 55.1 Å². The Bertz CT molecular complexity index is 1910. The number of aliphatic carboxylic acids is 1. The van der Waals surface area contributed by atoms with Crippen molar-refractivity contribution in [2.24, 2.45) is 11.8 Å². The number of aromatic amines is 1. The normalized spacial score (nSPS) is 20.2. The molecule has 5 rings (SSSR count). The van der Waals surface area contributed by atoms with Crippen LogP contribution in [0.3, 0.4) is 0 Å². The SMILES string of the molecule is CCO[C@@H]1C[C@H](c2ccc(N(C)S(=O)(=O)c3ccc4nc(C)[nH]c4c3)cc2)[C@@H](C(=O)O)[C@H](C(=O)Nc2ccc(C(F)(F)F)cc2F)C1. The Morgan fingerprint density at radius 2 is 1.79 bits per heavy atom. The number of anilines is 2. The Labute approximate surface area is 267 Å². The number of alkyl halides is 3. The van der Waals surface area contributed by atoms with Crippen LogP contribution in [0.1, 0.15) is 42.6 Å². The molecule has 0 unspecified atom stereocenters. The number of amides is 1. The number of carbonyl (C=O) groups is 2. The Morgan fingerprint density at radius 1 is 1.09 bits per heavy atom. The number of hydrogen-bond acceptors (Lipinski definition) is 6. The highest BCUT2D eigenvalue weighted by molar-refractivity contribution is 7.92. The lowest BCUT2D eigenvalue weighted by atomic mass is 9.67. The van der Waals surface area contributed by atoms with Crippen LogP contribution in [0.5, 0.6) is 0 Å². The standard InChI is InChI=1S/C32H32F4N4O6S/c1-4-46-21-14-23(29(31(42)43)24(15-21)30(41)39-26-11-7-19(13-25(26)33)32(34,35)36)18-5-8-20(9-6-18)40(3)47(44,45)22-10-12-27-28(16-22)38-17(2)37-27/h5-13,16,21,23-24,29H,4,14-15H2,1-3H3,(H,37,38)(H,39,41)(H,42,43)/t21-,23-,24-,29-/m1/s1. The summed E-state index contributed by atoms with van der Waals surface area (Å²) in [5, 5.41) is 12.6. The van der Waals surface area contributed by atoms with Crippen molar-refractivity contribution in [2.45, 2.75) is 49.8 Å². The number of nitrogens with one attached hydrogen (secondary N) is 2. The molecule has 1 aliphatic rings. The summed E-state index contributed by atoms with van der Waals surface area (Å²) < 4.78 is 87.4.